The van der Waals surface area contributed by atoms with Crippen LogP contribution < -0.4 is 10.3 Å². The predicted molar refractivity (Wildman–Crippen MR) is 134 cm³/mol. The average molecular weight is 504 g/mol. The van der Waals surface area contributed by atoms with E-state index in [2.05, 4.69) is 10.3 Å². The van der Waals surface area contributed by atoms with E-state index in [4.69, 9.17) is 12.2 Å². The normalized spacial score (nSPS) is 15.3. The fourth-order valence-corrected chi connectivity index (χ4v) is 5.27. The molecule has 1 fully saturated rings. The summed E-state index contributed by atoms with van der Waals surface area (Å²) in [6.07, 6.45) is 3.97. The molecule has 2 amide bonds. The van der Waals surface area contributed by atoms with Crippen molar-refractivity contribution in [1.82, 2.24) is 15.2 Å². The van der Waals surface area contributed by atoms with Crippen LogP contribution in [0, 0.1) is 6.92 Å². The van der Waals surface area contributed by atoms with Crippen LogP contribution in [0.1, 0.15) is 36.8 Å². The minimum absolute atomic E-state index is 0.0743. The summed E-state index contributed by atoms with van der Waals surface area (Å²) < 4.78 is 24.7. The molecule has 0 atom stereocenters. The van der Waals surface area contributed by atoms with Crippen molar-refractivity contribution in [3.8, 4) is 0 Å². The molecule has 0 saturated carbocycles. The Morgan fingerprint density at radius 3 is 2.45 bits per heavy atom. The van der Waals surface area contributed by atoms with Crippen molar-refractivity contribution in [2.24, 2.45) is 0 Å². The van der Waals surface area contributed by atoms with E-state index in [-0.39, 0.29) is 17.2 Å². The number of nitrogens with zero attached hydrogens (tertiary/aromatic N) is 1. The first-order valence-electron chi connectivity index (χ1n) is 10.4. The Kier molecular flexibility index (Phi) is 8.79. The fourth-order valence-electron chi connectivity index (χ4n) is 3.08. The van der Waals surface area contributed by atoms with E-state index >= 15 is 0 Å². The highest BCUT2D eigenvalue weighted by molar-refractivity contribution is 8.26. The fraction of sp³-hybridized carbons (Fsp3) is 0.261. The zero-order valence-corrected chi connectivity index (χ0v) is 20.6. The first kappa shape index (κ1) is 25.1. The molecule has 1 aliphatic rings. The summed E-state index contributed by atoms with van der Waals surface area (Å²) in [7, 11) is -3.79. The number of hydrazine groups is 1. The van der Waals surface area contributed by atoms with Crippen molar-refractivity contribution >= 4 is 56.2 Å². The van der Waals surface area contributed by atoms with Gasteiger partial charge in [-0.1, -0.05) is 78.4 Å². The molecule has 2 aromatic rings. The van der Waals surface area contributed by atoms with Gasteiger partial charge in [-0.3, -0.25) is 19.9 Å². The van der Waals surface area contributed by atoms with Crippen molar-refractivity contribution in [3.05, 3.63) is 70.6 Å². The highest BCUT2D eigenvalue weighted by Crippen LogP contribution is 2.32. The summed E-state index contributed by atoms with van der Waals surface area (Å²) in [5, 5.41) is 0. The van der Waals surface area contributed by atoms with E-state index in [0.29, 0.717) is 35.0 Å². The van der Waals surface area contributed by atoms with Gasteiger partial charge in [0.25, 0.3) is 15.9 Å². The number of hydrogen-bond acceptors (Lipinski definition) is 6. The van der Waals surface area contributed by atoms with Crippen molar-refractivity contribution in [3.63, 3.8) is 0 Å². The number of aryl methyl sites for hydroxylation is 1. The summed E-state index contributed by atoms with van der Waals surface area (Å²) in [5.41, 5.74) is 4.34. The van der Waals surface area contributed by atoms with Crippen LogP contribution in [0.15, 0.2) is 64.4 Å². The van der Waals surface area contributed by atoms with Crippen molar-refractivity contribution in [2.45, 2.75) is 37.5 Å². The first-order valence-corrected chi connectivity index (χ1v) is 13.1. The van der Waals surface area contributed by atoms with E-state index in [1.54, 1.807) is 23.1 Å². The number of rotatable bonds is 10. The lowest BCUT2D eigenvalue weighted by Gasteiger charge is -2.14. The molecular weight excluding hydrogens is 478 g/mol. The molecule has 33 heavy (non-hydrogen) atoms. The second-order valence-corrected chi connectivity index (χ2v) is 10.9. The molecule has 0 bridgehead atoms. The topological polar surface area (TPSA) is 95.6 Å². The van der Waals surface area contributed by atoms with E-state index in [9.17, 15) is 18.0 Å². The Labute approximate surface area is 203 Å². The lowest BCUT2D eigenvalue weighted by Crippen LogP contribution is -2.41. The van der Waals surface area contributed by atoms with Crippen molar-refractivity contribution in [1.29, 1.82) is 0 Å². The third-order valence-electron chi connectivity index (χ3n) is 4.91. The van der Waals surface area contributed by atoms with Crippen LogP contribution in [0.4, 0.5) is 0 Å². The molecule has 0 aliphatic carbocycles. The highest BCUT2D eigenvalue weighted by Gasteiger charge is 2.31. The van der Waals surface area contributed by atoms with Crippen LogP contribution in [0.5, 0.6) is 0 Å². The predicted octanol–water partition coefficient (Wildman–Crippen LogP) is 3.77. The Hall–Kier alpha value is -2.53. The Balaban J connectivity index is 1.38. The summed E-state index contributed by atoms with van der Waals surface area (Å²) in [6, 6.07) is 15.7. The SMILES string of the molecule is Cc1ccc(C=C2SC(=S)N(CCCCCC(=O)NNS(=O)(=O)c3ccccc3)C2=O)cc1. The van der Waals surface area contributed by atoms with Crippen LogP contribution in [0.2, 0.25) is 0 Å². The molecule has 1 saturated heterocycles. The first-order chi connectivity index (χ1) is 15.8. The molecule has 7 nitrogen and oxygen atoms in total. The lowest BCUT2D eigenvalue weighted by atomic mass is 10.1. The van der Waals surface area contributed by atoms with Gasteiger partial charge in [0.15, 0.2) is 0 Å². The number of amides is 2. The maximum absolute atomic E-state index is 12.7. The van der Waals surface area contributed by atoms with E-state index in [1.165, 1.54) is 23.9 Å². The van der Waals surface area contributed by atoms with Gasteiger partial charge in [0.2, 0.25) is 5.91 Å². The van der Waals surface area contributed by atoms with Crippen molar-refractivity contribution < 1.29 is 18.0 Å². The number of benzene rings is 2. The van der Waals surface area contributed by atoms with Crippen LogP contribution >= 0.6 is 24.0 Å². The molecule has 3 rings (SSSR count). The quantitative estimate of drug-likeness (QED) is 0.222. The van der Waals surface area contributed by atoms with Gasteiger partial charge < -0.3 is 0 Å². The number of carbonyl (C=O) groups is 2. The number of thioether (sulfide) groups is 1. The van der Waals surface area contributed by atoms with Gasteiger partial charge in [-0.2, -0.15) is 0 Å². The summed E-state index contributed by atoms with van der Waals surface area (Å²) in [5.74, 6) is -0.514. The van der Waals surface area contributed by atoms with Crippen LogP contribution in [-0.4, -0.2) is 36.0 Å². The van der Waals surface area contributed by atoms with Crippen LogP contribution in [0.3, 0.4) is 0 Å². The molecule has 2 N–H and O–H groups in total. The molecule has 0 spiro atoms. The van der Waals surface area contributed by atoms with Gasteiger partial charge >= 0.3 is 0 Å². The second kappa shape index (κ2) is 11.6. The van der Waals surface area contributed by atoms with Crippen LogP contribution in [-0.2, 0) is 19.6 Å². The van der Waals surface area contributed by atoms with Gasteiger partial charge in [0, 0.05) is 13.0 Å². The Bertz CT molecular complexity index is 1150. The minimum atomic E-state index is -3.79. The summed E-state index contributed by atoms with van der Waals surface area (Å²) >= 11 is 6.65. The molecule has 174 valence electrons. The van der Waals surface area contributed by atoms with E-state index in [1.807, 2.05) is 37.3 Å². The number of carbonyl (C=O) groups excluding carboxylic acids is 2. The van der Waals surface area contributed by atoms with Gasteiger partial charge in [-0.15, -0.1) is 4.83 Å². The third kappa shape index (κ3) is 7.23. The zero-order valence-electron chi connectivity index (χ0n) is 18.1. The number of hydrogen-bond donors (Lipinski definition) is 2. The van der Waals surface area contributed by atoms with Gasteiger partial charge in [0.05, 0.1) is 9.80 Å². The summed E-state index contributed by atoms with van der Waals surface area (Å²) in [6.45, 7) is 2.49. The largest absolute Gasteiger partial charge is 0.293 e. The third-order valence-corrected chi connectivity index (χ3v) is 7.55. The molecule has 0 aromatic heterocycles. The molecule has 1 heterocycles. The second-order valence-electron chi connectivity index (χ2n) is 7.52. The molecule has 2 aromatic carbocycles. The Morgan fingerprint density at radius 1 is 1.06 bits per heavy atom. The maximum Gasteiger partial charge on any atom is 0.266 e. The molecular formula is C23H25N3O4S3. The van der Waals surface area contributed by atoms with Gasteiger partial charge in [-0.25, -0.2) is 8.42 Å². The number of sulfonamides is 1. The van der Waals surface area contributed by atoms with E-state index in [0.717, 1.165) is 11.1 Å². The van der Waals surface area contributed by atoms with Crippen molar-refractivity contribution in [2.75, 3.05) is 6.54 Å². The smallest absolute Gasteiger partial charge is 0.266 e. The average Bonchev–Trinajstić information content (AvgIpc) is 3.07. The molecule has 0 unspecified atom stereocenters. The standard InChI is InChI=1S/C23H25N3O4S3/c1-17-11-13-18(14-12-17)16-20-22(28)26(23(31)32-20)15-7-3-6-10-21(27)24-25-33(29,30)19-8-4-2-5-9-19/h2,4-5,8-9,11-14,16,25H,3,6-7,10,15H2,1H3,(H,24,27). The van der Waals surface area contributed by atoms with E-state index < -0.39 is 15.9 Å². The van der Waals surface area contributed by atoms with Gasteiger partial charge in [0.1, 0.15) is 4.32 Å². The Morgan fingerprint density at radius 2 is 1.76 bits per heavy atom. The summed E-state index contributed by atoms with van der Waals surface area (Å²) in [4.78, 5) is 29.0. The monoisotopic (exact) mass is 503 g/mol. The maximum atomic E-state index is 12.7. The molecule has 10 heteroatoms. The highest BCUT2D eigenvalue weighted by atomic mass is 32.2. The minimum Gasteiger partial charge on any atom is -0.293 e. The lowest BCUT2D eigenvalue weighted by molar-refractivity contribution is -0.123. The molecule has 1 aliphatic heterocycles. The number of nitrogens with one attached hydrogen (secondary N) is 2. The zero-order chi connectivity index (χ0) is 23.8. The number of thiocarbonyl (C=S) groups is 1. The van der Waals surface area contributed by atoms with Crippen LogP contribution in [0.25, 0.3) is 6.08 Å². The van der Waals surface area contributed by atoms with Gasteiger partial charge in [-0.05, 0) is 43.5 Å². The molecule has 0 radical (unpaired) electrons. The number of unbranched alkanes of at least 4 members (excludes halogenated alkanes) is 2.